The molecule has 0 atom stereocenters. The summed E-state index contributed by atoms with van der Waals surface area (Å²) in [7, 11) is 1.80. The molecule has 2 aromatic rings. The number of amides is 1. The van der Waals surface area contributed by atoms with Crippen molar-refractivity contribution in [2.75, 3.05) is 11.9 Å². The maximum Gasteiger partial charge on any atom is 0.233 e. The third-order valence-corrected chi connectivity index (χ3v) is 4.10. The van der Waals surface area contributed by atoms with Gasteiger partial charge < -0.3 is 4.90 Å². The standard InChI is InChI=1S/C12H14N2OS2/c1-3-9-7-17-11(13-9)6-12(15)14(2)10-4-5-16-8-10/h4-5,7-8H,3,6H2,1-2H3. The second-order valence-corrected chi connectivity index (χ2v) is 5.42. The van der Waals surface area contributed by atoms with E-state index in [9.17, 15) is 4.79 Å². The van der Waals surface area contributed by atoms with Crippen LogP contribution in [0.25, 0.3) is 0 Å². The third-order valence-electron chi connectivity index (χ3n) is 2.53. The number of anilines is 1. The summed E-state index contributed by atoms with van der Waals surface area (Å²) in [4.78, 5) is 18.1. The highest BCUT2D eigenvalue weighted by molar-refractivity contribution is 7.09. The number of rotatable bonds is 4. The van der Waals surface area contributed by atoms with Gasteiger partial charge >= 0.3 is 0 Å². The van der Waals surface area contributed by atoms with E-state index < -0.39 is 0 Å². The van der Waals surface area contributed by atoms with Crippen molar-refractivity contribution in [3.8, 4) is 0 Å². The fourth-order valence-corrected chi connectivity index (χ4v) is 2.97. The van der Waals surface area contributed by atoms with Gasteiger partial charge in [-0.2, -0.15) is 11.3 Å². The number of carbonyl (C=O) groups excluding carboxylic acids is 1. The summed E-state index contributed by atoms with van der Waals surface area (Å²) in [5.41, 5.74) is 2.02. The third kappa shape index (κ3) is 2.92. The van der Waals surface area contributed by atoms with E-state index in [0.717, 1.165) is 22.8 Å². The van der Waals surface area contributed by atoms with Gasteiger partial charge in [0.1, 0.15) is 5.01 Å². The lowest BCUT2D eigenvalue weighted by Crippen LogP contribution is -2.27. The lowest BCUT2D eigenvalue weighted by Gasteiger charge is -2.14. The highest BCUT2D eigenvalue weighted by Gasteiger charge is 2.13. The topological polar surface area (TPSA) is 33.2 Å². The number of carbonyl (C=O) groups is 1. The minimum atomic E-state index is 0.0837. The average molecular weight is 266 g/mol. The van der Waals surface area contributed by atoms with Crippen LogP contribution in [0, 0.1) is 0 Å². The van der Waals surface area contributed by atoms with Crippen molar-refractivity contribution in [1.82, 2.24) is 4.98 Å². The van der Waals surface area contributed by atoms with E-state index in [4.69, 9.17) is 0 Å². The molecule has 0 N–H and O–H groups in total. The first-order chi connectivity index (χ1) is 8.20. The van der Waals surface area contributed by atoms with Gasteiger partial charge in [0.25, 0.3) is 0 Å². The van der Waals surface area contributed by atoms with Gasteiger partial charge in [0.05, 0.1) is 17.8 Å². The molecule has 2 aromatic heterocycles. The Balaban J connectivity index is 2.01. The molecule has 3 nitrogen and oxygen atoms in total. The Bertz CT molecular complexity index is 490. The number of hydrogen-bond donors (Lipinski definition) is 0. The Hall–Kier alpha value is -1.20. The molecular weight excluding hydrogens is 252 g/mol. The molecule has 0 radical (unpaired) electrons. The van der Waals surface area contributed by atoms with E-state index >= 15 is 0 Å². The molecule has 0 spiro atoms. The zero-order valence-corrected chi connectivity index (χ0v) is 11.5. The van der Waals surface area contributed by atoms with E-state index in [1.165, 1.54) is 0 Å². The molecule has 0 unspecified atom stereocenters. The van der Waals surface area contributed by atoms with E-state index in [-0.39, 0.29) is 5.91 Å². The number of likely N-dealkylation sites (N-methyl/N-ethyl adjacent to an activating group) is 1. The van der Waals surface area contributed by atoms with Crippen LogP contribution >= 0.6 is 22.7 Å². The molecule has 17 heavy (non-hydrogen) atoms. The zero-order valence-electron chi connectivity index (χ0n) is 9.84. The van der Waals surface area contributed by atoms with Crippen LogP contribution in [-0.2, 0) is 17.6 Å². The maximum atomic E-state index is 12.0. The molecule has 0 bridgehead atoms. The Morgan fingerprint density at radius 3 is 2.88 bits per heavy atom. The van der Waals surface area contributed by atoms with Gasteiger partial charge in [0.2, 0.25) is 5.91 Å². The Morgan fingerprint density at radius 1 is 1.47 bits per heavy atom. The maximum absolute atomic E-state index is 12.0. The summed E-state index contributed by atoms with van der Waals surface area (Å²) in [6, 6.07) is 1.95. The molecule has 0 aliphatic carbocycles. The Kier molecular flexibility index (Phi) is 3.91. The number of nitrogens with zero attached hydrogens (tertiary/aromatic N) is 2. The summed E-state index contributed by atoms with van der Waals surface area (Å²) in [5, 5.41) is 6.86. The van der Waals surface area contributed by atoms with E-state index in [1.54, 1.807) is 34.6 Å². The monoisotopic (exact) mass is 266 g/mol. The summed E-state index contributed by atoms with van der Waals surface area (Å²) < 4.78 is 0. The SMILES string of the molecule is CCc1csc(CC(=O)N(C)c2ccsc2)n1. The van der Waals surface area contributed by atoms with Crippen LogP contribution in [0.5, 0.6) is 0 Å². The fraction of sp³-hybridized carbons (Fsp3) is 0.333. The highest BCUT2D eigenvalue weighted by Crippen LogP contribution is 2.18. The highest BCUT2D eigenvalue weighted by atomic mass is 32.1. The van der Waals surface area contributed by atoms with Crippen molar-refractivity contribution in [2.24, 2.45) is 0 Å². The molecule has 1 amide bonds. The first-order valence-corrected chi connectivity index (χ1v) is 7.25. The van der Waals surface area contributed by atoms with Crippen molar-refractivity contribution >= 4 is 34.3 Å². The number of thiophene rings is 1. The zero-order chi connectivity index (χ0) is 12.3. The van der Waals surface area contributed by atoms with Crippen LogP contribution < -0.4 is 4.90 Å². The van der Waals surface area contributed by atoms with Gasteiger partial charge in [0.15, 0.2) is 0 Å². The van der Waals surface area contributed by atoms with E-state index in [1.807, 2.05) is 22.2 Å². The van der Waals surface area contributed by atoms with Crippen LogP contribution in [0.4, 0.5) is 5.69 Å². The van der Waals surface area contributed by atoms with Gasteiger partial charge in [-0.1, -0.05) is 6.92 Å². The van der Waals surface area contributed by atoms with Crippen molar-refractivity contribution in [3.63, 3.8) is 0 Å². The summed E-state index contributed by atoms with van der Waals surface area (Å²) in [6.07, 6.45) is 1.31. The number of hydrogen-bond acceptors (Lipinski definition) is 4. The molecule has 2 rings (SSSR count). The first kappa shape index (κ1) is 12.3. The van der Waals surface area contributed by atoms with Gasteiger partial charge in [-0.25, -0.2) is 4.98 Å². The minimum Gasteiger partial charge on any atom is -0.314 e. The van der Waals surface area contributed by atoms with E-state index in [0.29, 0.717) is 6.42 Å². The smallest absolute Gasteiger partial charge is 0.233 e. The predicted octanol–water partition coefficient (Wildman–Crippen LogP) is 2.97. The van der Waals surface area contributed by atoms with Crippen LogP contribution in [0.1, 0.15) is 17.6 Å². The fourth-order valence-electron chi connectivity index (χ4n) is 1.43. The van der Waals surface area contributed by atoms with Crippen LogP contribution in [0.2, 0.25) is 0 Å². The first-order valence-electron chi connectivity index (χ1n) is 5.42. The summed E-state index contributed by atoms with van der Waals surface area (Å²) >= 11 is 3.15. The lowest BCUT2D eigenvalue weighted by atomic mass is 10.3. The normalized spacial score (nSPS) is 10.5. The number of aromatic nitrogens is 1. The Labute approximate surface area is 109 Å². The second-order valence-electron chi connectivity index (χ2n) is 3.70. The van der Waals surface area contributed by atoms with Crippen LogP contribution in [-0.4, -0.2) is 17.9 Å². The van der Waals surface area contributed by atoms with Gasteiger partial charge in [-0.05, 0) is 17.9 Å². The minimum absolute atomic E-state index is 0.0837. The number of aryl methyl sites for hydroxylation is 1. The van der Waals surface area contributed by atoms with Crippen LogP contribution in [0.15, 0.2) is 22.2 Å². The molecule has 0 fully saturated rings. The average Bonchev–Trinajstić information content (AvgIpc) is 2.98. The van der Waals surface area contributed by atoms with Crippen molar-refractivity contribution in [2.45, 2.75) is 19.8 Å². The van der Waals surface area contributed by atoms with Crippen molar-refractivity contribution in [3.05, 3.63) is 32.9 Å². The quantitative estimate of drug-likeness (QED) is 0.852. The molecule has 0 aliphatic heterocycles. The predicted molar refractivity (Wildman–Crippen MR) is 72.9 cm³/mol. The van der Waals surface area contributed by atoms with Gasteiger partial charge in [-0.3, -0.25) is 4.79 Å². The Morgan fingerprint density at radius 2 is 2.29 bits per heavy atom. The summed E-state index contributed by atoms with van der Waals surface area (Å²) in [6.45, 7) is 2.07. The molecule has 0 saturated heterocycles. The van der Waals surface area contributed by atoms with Gasteiger partial charge in [0, 0.05) is 17.8 Å². The van der Waals surface area contributed by atoms with Crippen molar-refractivity contribution < 1.29 is 4.79 Å². The summed E-state index contributed by atoms with van der Waals surface area (Å²) in [5.74, 6) is 0.0837. The number of thiazole rings is 1. The molecule has 0 aliphatic rings. The lowest BCUT2D eigenvalue weighted by molar-refractivity contribution is -0.117. The van der Waals surface area contributed by atoms with Crippen LogP contribution in [0.3, 0.4) is 0 Å². The molecule has 90 valence electrons. The molecular formula is C12H14N2OS2. The largest absolute Gasteiger partial charge is 0.314 e. The molecule has 2 heterocycles. The molecule has 0 aromatic carbocycles. The van der Waals surface area contributed by atoms with E-state index in [2.05, 4.69) is 11.9 Å². The molecule has 0 saturated carbocycles. The second kappa shape index (κ2) is 5.42. The van der Waals surface area contributed by atoms with Crippen molar-refractivity contribution in [1.29, 1.82) is 0 Å². The molecule has 5 heteroatoms. The van der Waals surface area contributed by atoms with Gasteiger partial charge in [-0.15, -0.1) is 11.3 Å².